The lowest BCUT2D eigenvalue weighted by Gasteiger charge is -2.38. The molecule has 3 rings (SSSR count). The Morgan fingerprint density at radius 1 is 1.06 bits per heavy atom. The predicted molar refractivity (Wildman–Crippen MR) is 115 cm³/mol. The van der Waals surface area contributed by atoms with E-state index in [1.807, 2.05) is 9.80 Å². The van der Waals surface area contributed by atoms with Crippen molar-refractivity contribution in [3.8, 4) is 5.75 Å². The number of ether oxygens (including phenoxy) is 1. The molecule has 1 saturated heterocycles. The molecule has 11 nitrogen and oxygen atoms in total. The number of para-hydroxylation sites is 2. The van der Waals surface area contributed by atoms with E-state index in [-0.39, 0.29) is 23.0 Å². The Kier molecular flexibility index (Phi) is 6.65. The molecule has 1 unspecified atom stereocenters. The van der Waals surface area contributed by atoms with Crippen LogP contribution in [0.25, 0.3) is 0 Å². The molecule has 1 N–H and O–H groups in total. The molecular weight excluding hydrogens is 406 g/mol. The third-order valence-corrected chi connectivity index (χ3v) is 5.31. The van der Waals surface area contributed by atoms with Crippen LogP contribution >= 0.6 is 0 Å². The predicted octanol–water partition coefficient (Wildman–Crippen LogP) is 2.66. The van der Waals surface area contributed by atoms with Gasteiger partial charge >= 0.3 is 0 Å². The van der Waals surface area contributed by atoms with Gasteiger partial charge in [0.15, 0.2) is 0 Å². The highest BCUT2D eigenvalue weighted by molar-refractivity contribution is 5.96. The number of nitro groups is 2. The molecule has 2 aromatic rings. The average Bonchev–Trinajstić information content (AvgIpc) is 2.78. The summed E-state index contributed by atoms with van der Waals surface area (Å²) in [6.07, 6.45) is 0. The van der Waals surface area contributed by atoms with Crippen LogP contribution < -0.4 is 15.0 Å². The maximum absolute atomic E-state index is 12.8. The van der Waals surface area contributed by atoms with Crippen LogP contribution in [-0.4, -0.2) is 60.0 Å². The van der Waals surface area contributed by atoms with Crippen LogP contribution in [0.1, 0.15) is 6.92 Å². The Bertz CT molecular complexity index is 990. The minimum Gasteiger partial charge on any atom is -0.495 e. The van der Waals surface area contributed by atoms with Gasteiger partial charge in [0.1, 0.15) is 11.4 Å². The highest BCUT2D eigenvalue weighted by Gasteiger charge is 2.28. The van der Waals surface area contributed by atoms with Crippen LogP contribution in [-0.2, 0) is 4.79 Å². The van der Waals surface area contributed by atoms with E-state index >= 15 is 0 Å². The molecule has 1 aliphatic rings. The number of piperazine rings is 1. The largest absolute Gasteiger partial charge is 0.495 e. The number of methoxy groups -OCH3 is 1. The zero-order valence-electron chi connectivity index (χ0n) is 17.2. The van der Waals surface area contributed by atoms with Crippen LogP contribution in [0, 0.1) is 20.2 Å². The quantitative estimate of drug-likeness (QED) is 0.525. The Labute approximate surface area is 178 Å². The Morgan fingerprint density at radius 3 is 2.35 bits per heavy atom. The first-order valence-electron chi connectivity index (χ1n) is 9.67. The number of hydrogen-bond donors (Lipinski definition) is 1. The summed E-state index contributed by atoms with van der Waals surface area (Å²) in [6, 6.07) is 10.1. The van der Waals surface area contributed by atoms with Gasteiger partial charge in [-0.2, -0.15) is 0 Å². The second kappa shape index (κ2) is 9.39. The Morgan fingerprint density at radius 2 is 1.74 bits per heavy atom. The van der Waals surface area contributed by atoms with Gasteiger partial charge in [-0.05, 0) is 19.1 Å². The topological polar surface area (TPSA) is 131 Å². The van der Waals surface area contributed by atoms with E-state index in [1.54, 1.807) is 25.1 Å². The fourth-order valence-corrected chi connectivity index (χ4v) is 3.55. The first kappa shape index (κ1) is 22.0. The molecule has 11 heteroatoms. The number of rotatable bonds is 7. The van der Waals surface area contributed by atoms with Gasteiger partial charge in [-0.3, -0.25) is 29.9 Å². The smallest absolute Gasteiger partial charge is 0.292 e. The van der Waals surface area contributed by atoms with Crippen molar-refractivity contribution in [3.05, 3.63) is 62.7 Å². The van der Waals surface area contributed by atoms with Crippen molar-refractivity contribution in [2.24, 2.45) is 0 Å². The Balaban J connectivity index is 1.65. The monoisotopic (exact) mass is 429 g/mol. The molecule has 0 spiro atoms. The SMILES string of the molecule is COc1ccc([N+](=O)[O-])cc1NC(=O)C(C)N1CCN(c2ccccc2[N+](=O)[O-])CC1. The number of benzene rings is 2. The van der Waals surface area contributed by atoms with Gasteiger partial charge < -0.3 is 15.0 Å². The minimum atomic E-state index is -0.541. The summed E-state index contributed by atoms with van der Waals surface area (Å²) in [6.45, 7) is 3.88. The van der Waals surface area contributed by atoms with E-state index in [0.29, 0.717) is 37.6 Å². The molecule has 1 atom stereocenters. The molecule has 0 bridgehead atoms. The molecule has 1 heterocycles. The molecule has 164 valence electrons. The van der Waals surface area contributed by atoms with Gasteiger partial charge in [0.25, 0.3) is 11.4 Å². The van der Waals surface area contributed by atoms with Crippen LogP contribution in [0.3, 0.4) is 0 Å². The highest BCUT2D eigenvalue weighted by Crippen LogP contribution is 2.30. The van der Waals surface area contributed by atoms with Gasteiger partial charge in [0.2, 0.25) is 5.91 Å². The summed E-state index contributed by atoms with van der Waals surface area (Å²) < 4.78 is 5.19. The van der Waals surface area contributed by atoms with Crippen molar-refractivity contribution in [1.29, 1.82) is 0 Å². The van der Waals surface area contributed by atoms with Crippen LogP contribution in [0.15, 0.2) is 42.5 Å². The summed E-state index contributed by atoms with van der Waals surface area (Å²) in [4.78, 5) is 38.0. The fraction of sp³-hybridized carbons (Fsp3) is 0.350. The second-order valence-electron chi connectivity index (χ2n) is 7.08. The summed E-state index contributed by atoms with van der Waals surface area (Å²) in [5.74, 6) is 0.00490. The van der Waals surface area contributed by atoms with Gasteiger partial charge in [-0.15, -0.1) is 0 Å². The van der Waals surface area contributed by atoms with Gasteiger partial charge in [-0.1, -0.05) is 12.1 Å². The van der Waals surface area contributed by atoms with E-state index < -0.39 is 15.9 Å². The molecule has 1 amide bonds. The molecule has 0 aromatic heterocycles. The van der Waals surface area contributed by atoms with Crippen molar-refractivity contribution < 1.29 is 19.4 Å². The third-order valence-electron chi connectivity index (χ3n) is 5.31. The first-order chi connectivity index (χ1) is 14.8. The van der Waals surface area contributed by atoms with Gasteiger partial charge in [0.05, 0.1) is 28.7 Å². The van der Waals surface area contributed by atoms with Gasteiger partial charge in [-0.25, -0.2) is 0 Å². The number of amides is 1. The lowest BCUT2D eigenvalue weighted by Crippen LogP contribution is -2.53. The molecule has 0 radical (unpaired) electrons. The normalized spacial score (nSPS) is 15.2. The molecule has 2 aromatic carbocycles. The van der Waals surface area contributed by atoms with Crippen molar-refractivity contribution in [1.82, 2.24) is 4.90 Å². The highest BCUT2D eigenvalue weighted by atomic mass is 16.6. The average molecular weight is 429 g/mol. The number of anilines is 2. The van der Waals surface area contributed by atoms with Gasteiger partial charge in [0, 0.05) is 44.4 Å². The summed E-state index contributed by atoms with van der Waals surface area (Å²) in [7, 11) is 1.42. The van der Waals surface area contributed by atoms with E-state index in [0.717, 1.165) is 0 Å². The van der Waals surface area contributed by atoms with Crippen molar-refractivity contribution in [3.63, 3.8) is 0 Å². The maximum Gasteiger partial charge on any atom is 0.292 e. The lowest BCUT2D eigenvalue weighted by atomic mass is 10.1. The third kappa shape index (κ3) is 4.89. The Hall–Kier alpha value is -3.73. The standard InChI is InChI=1S/C20H23N5O6/c1-14(20(26)21-16-13-15(24(27)28)7-8-19(16)31-2)22-9-11-23(12-10-22)17-5-3-4-6-18(17)25(29)30/h3-8,13-14H,9-12H2,1-2H3,(H,21,26). The number of nitrogens with one attached hydrogen (secondary N) is 1. The van der Waals surface area contributed by atoms with E-state index in [1.165, 1.54) is 31.4 Å². The number of nitrogens with zero attached hydrogens (tertiary/aromatic N) is 4. The number of non-ortho nitro benzene ring substituents is 1. The fourth-order valence-electron chi connectivity index (χ4n) is 3.55. The van der Waals surface area contributed by atoms with Crippen molar-refractivity contribution >= 4 is 28.7 Å². The van der Waals surface area contributed by atoms with Crippen LogP contribution in [0.2, 0.25) is 0 Å². The molecule has 0 saturated carbocycles. The molecule has 1 fully saturated rings. The summed E-state index contributed by atoms with van der Waals surface area (Å²) in [5.41, 5.74) is 0.694. The summed E-state index contributed by atoms with van der Waals surface area (Å²) in [5, 5.41) is 25.0. The first-order valence-corrected chi connectivity index (χ1v) is 9.67. The molecule has 0 aliphatic carbocycles. The summed E-state index contributed by atoms with van der Waals surface area (Å²) >= 11 is 0. The zero-order chi connectivity index (χ0) is 22.5. The van der Waals surface area contributed by atoms with E-state index in [4.69, 9.17) is 4.74 Å². The molecule has 31 heavy (non-hydrogen) atoms. The lowest BCUT2D eigenvalue weighted by molar-refractivity contribution is -0.384. The zero-order valence-corrected chi connectivity index (χ0v) is 17.2. The second-order valence-corrected chi connectivity index (χ2v) is 7.08. The van der Waals surface area contributed by atoms with E-state index in [9.17, 15) is 25.0 Å². The minimum absolute atomic E-state index is 0.0551. The molecular formula is C20H23N5O6. The van der Waals surface area contributed by atoms with Crippen LogP contribution in [0.5, 0.6) is 5.75 Å². The number of hydrogen-bond acceptors (Lipinski definition) is 8. The van der Waals surface area contributed by atoms with E-state index in [2.05, 4.69) is 5.32 Å². The van der Waals surface area contributed by atoms with Crippen LogP contribution in [0.4, 0.5) is 22.7 Å². The molecule has 1 aliphatic heterocycles. The number of nitro benzene ring substituents is 2. The van der Waals surface area contributed by atoms with Crippen molar-refractivity contribution in [2.45, 2.75) is 13.0 Å². The maximum atomic E-state index is 12.8. The number of carbonyl (C=O) groups is 1. The van der Waals surface area contributed by atoms with Crippen molar-refractivity contribution in [2.75, 3.05) is 43.5 Å². The number of carbonyl (C=O) groups excluding carboxylic acids is 1.